The number of halogens is 1. The van der Waals surface area contributed by atoms with E-state index in [9.17, 15) is 12.8 Å². The molecule has 3 aromatic rings. The lowest BCUT2D eigenvalue weighted by atomic mass is 9.93. The number of ether oxygens (including phenoxy) is 2. The van der Waals surface area contributed by atoms with Crippen molar-refractivity contribution in [3.63, 3.8) is 0 Å². The Morgan fingerprint density at radius 1 is 0.926 bits per heavy atom. The minimum absolute atomic E-state index is 0.00366. The molecule has 0 bridgehead atoms. The first kappa shape index (κ1) is 17.5. The van der Waals surface area contributed by atoms with Crippen LogP contribution in [0.2, 0.25) is 0 Å². The third-order valence-electron chi connectivity index (χ3n) is 4.47. The van der Waals surface area contributed by atoms with Crippen LogP contribution in [-0.2, 0) is 10.0 Å². The number of rotatable bonds is 3. The van der Waals surface area contributed by atoms with E-state index in [1.165, 1.54) is 12.1 Å². The zero-order valence-electron chi connectivity index (χ0n) is 14.4. The number of benzene rings is 3. The van der Waals surface area contributed by atoms with E-state index in [2.05, 4.69) is 0 Å². The normalized spacial score (nSPS) is 13.0. The van der Waals surface area contributed by atoms with E-state index in [1.54, 1.807) is 49.4 Å². The molecule has 7 heteroatoms. The molecule has 0 atom stereocenters. The van der Waals surface area contributed by atoms with Crippen LogP contribution >= 0.6 is 0 Å². The van der Waals surface area contributed by atoms with Gasteiger partial charge in [0.15, 0.2) is 11.5 Å². The summed E-state index contributed by atoms with van der Waals surface area (Å²) in [5.41, 5.74) is 2.95. The van der Waals surface area contributed by atoms with Crippen molar-refractivity contribution in [3.05, 3.63) is 66.0 Å². The lowest BCUT2D eigenvalue weighted by Gasteiger charge is -2.15. The molecule has 0 amide bonds. The molecule has 27 heavy (non-hydrogen) atoms. The van der Waals surface area contributed by atoms with E-state index < -0.39 is 10.0 Å². The molecule has 0 aromatic heterocycles. The fourth-order valence-corrected chi connectivity index (χ4v) is 3.91. The minimum Gasteiger partial charge on any atom is -0.454 e. The van der Waals surface area contributed by atoms with Gasteiger partial charge in [0.2, 0.25) is 16.8 Å². The lowest BCUT2D eigenvalue weighted by molar-refractivity contribution is 0.174. The number of nitrogens with two attached hydrogens (primary N) is 1. The Balaban J connectivity index is 2.03. The summed E-state index contributed by atoms with van der Waals surface area (Å²) in [5, 5.41) is 5.41. The zero-order chi connectivity index (χ0) is 19.2. The van der Waals surface area contributed by atoms with E-state index in [0.717, 1.165) is 5.56 Å². The topological polar surface area (TPSA) is 78.6 Å². The van der Waals surface area contributed by atoms with Gasteiger partial charge in [-0.3, -0.25) is 0 Å². The molecular weight excluding hydrogens is 369 g/mol. The van der Waals surface area contributed by atoms with Crippen molar-refractivity contribution in [1.82, 2.24) is 0 Å². The summed E-state index contributed by atoms with van der Waals surface area (Å²) in [5.74, 6) is 0.742. The fraction of sp³-hybridized carbons (Fsp3) is 0.100. The molecule has 4 rings (SSSR count). The van der Waals surface area contributed by atoms with Crippen molar-refractivity contribution in [2.24, 2.45) is 5.14 Å². The first-order valence-corrected chi connectivity index (χ1v) is 9.71. The van der Waals surface area contributed by atoms with E-state index in [-0.39, 0.29) is 17.5 Å². The lowest BCUT2D eigenvalue weighted by Crippen LogP contribution is -2.13. The summed E-state index contributed by atoms with van der Waals surface area (Å²) in [4.78, 5) is 0.00366. The smallest absolute Gasteiger partial charge is 0.238 e. The molecule has 3 aromatic carbocycles. The maximum Gasteiger partial charge on any atom is 0.238 e. The van der Waals surface area contributed by atoms with Crippen molar-refractivity contribution >= 4 is 10.0 Å². The summed E-state index contributed by atoms with van der Waals surface area (Å²) in [6, 6.07) is 14.7. The average Bonchev–Trinajstić information content (AvgIpc) is 3.10. The average molecular weight is 385 g/mol. The minimum atomic E-state index is -3.94. The zero-order valence-corrected chi connectivity index (χ0v) is 15.2. The Morgan fingerprint density at radius 3 is 2.26 bits per heavy atom. The third kappa shape index (κ3) is 3.15. The largest absolute Gasteiger partial charge is 0.454 e. The van der Waals surface area contributed by atoms with Gasteiger partial charge in [-0.15, -0.1) is 0 Å². The number of primary sulfonamides is 1. The Bertz CT molecular complexity index is 1160. The van der Waals surface area contributed by atoms with Gasteiger partial charge in [0, 0.05) is 5.56 Å². The Labute approximate surface area is 156 Å². The van der Waals surface area contributed by atoms with Crippen LogP contribution in [0, 0.1) is 12.7 Å². The van der Waals surface area contributed by atoms with Gasteiger partial charge in [-0.1, -0.05) is 24.3 Å². The van der Waals surface area contributed by atoms with Gasteiger partial charge in [-0.2, -0.15) is 0 Å². The molecule has 138 valence electrons. The summed E-state index contributed by atoms with van der Waals surface area (Å²) in [6.07, 6.45) is 0. The fourth-order valence-electron chi connectivity index (χ4n) is 3.15. The molecule has 0 aliphatic carbocycles. The number of aryl methyl sites for hydroxylation is 1. The Hall–Kier alpha value is -2.90. The van der Waals surface area contributed by atoms with Crippen LogP contribution < -0.4 is 14.6 Å². The van der Waals surface area contributed by atoms with Crippen molar-refractivity contribution in [3.8, 4) is 33.8 Å². The second kappa shape index (κ2) is 6.37. The second-order valence-corrected chi connectivity index (χ2v) is 7.79. The summed E-state index contributed by atoms with van der Waals surface area (Å²) in [7, 11) is -3.94. The first-order chi connectivity index (χ1) is 12.8. The first-order valence-electron chi connectivity index (χ1n) is 8.17. The van der Waals surface area contributed by atoms with Crippen LogP contribution in [-0.4, -0.2) is 15.2 Å². The summed E-state index contributed by atoms with van der Waals surface area (Å²) < 4.78 is 48.8. The van der Waals surface area contributed by atoms with Gasteiger partial charge in [0.25, 0.3) is 0 Å². The summed E-state index contributed by atoms with van der Waals surface area (Å²) in [6.45, 7) is 1.75. The molecule has 1 aliphatic heterocycles. The summed E-state index contributed by atoms with van der Waals surface area (Å²) >= 11 is 0. The highest BCUT2D eigenvalue weighted by Gasteiger charge is 2.23. The molecule has 0 fully saturated rings. The highest BCUT2D eigenvalue weighted by molar-refractivity contribution is 7.89. The monoisotopic (exact) mass is 385 g/mol. The number of hydrogen-bond acceptors (Lipinski definition) is 4. The predicted octanol–water partition coefficient (Wildman–Crippen LogP) is 3.84. The van der Waals surface area contributed by atoms with Gasteiger partial charge in [-0.25, -0.2) is 17.9 Å². The highest BCUT2D eigenvalue weighted by atomic mass is 32.2. The van der Waals surface area contributed by atoms with Crippen LogP contribution in [0.5, 0.6) is 11.5 Å². The van der Waals surface area contributed by atoms with Crippen LogP contribution in [0.3, 0.4) is 0 Å². The van der Waals surface area contributed by atoms with Gasteiger partial charge >= 0.3 is 0 Å². The predicted molar refractivity (Wildman–Crippen MR) is 99.5 cm³/mol. The van der Waals surface area contributed by atoms with Crippen molar-refractivity contribution in [2.75, 3.05) is 6.79 Å². The maximum absolute atomic E-state index is 13.7. The molecule has 1 heterocycles. The van der Waals surface area contributed by atoms with Gasteiger partial charge in [0.05, 0.1) is 4.90 Å². The molecular formula is C20H16FNO4S. The number of hydrogen-bond donors (Lipinski definition) is 1. The van der Waals surface area contributed by atoms with Crippen molar-refractivity contribution in [1.29, 1.82) is 0 Å². The quantitative estimate of drug-likeness (QED) is 0.743. The molecule has 0 saturated carbocycles. The van der Waals surface area contributed by atoms with Crippen LogP contribution in [0.15, 0.2) is 59.5 Å². The standard InChI is InChI=1S/C20H16FNO4S/c1-12-8-13(6-7-17(12)21)15-9-18-19(26-11-25-18)10-16(15)14-4-2-3-5-20(14)27(22,23)24/h2-10H,11H2,1H3,(H2,22,23,24). The van der Waals surface area contributed by atoms with Crippen molar-refractivity contribution in [2.45, 2.75) is 11.8 Å². The molecule has 5 nitrogen and oxygen atoms in total. The SMILES string of the molecule is Cc1cc(-c2cc3c(cc2-c2ccccc2S(N)(=O)=O)OCO3)ccc1F. The molecule has 0 unspecified atom stereocenters. The molecule has 0 radical (unpaired) electrons. The third-order valence-corrected chi connectivity index (χ3v) is 5.43. The van der Waals surface area contributed by atoms with Crippen molar-refractivity contribution < 1.29 is 22.3 Å². The Kier molecular flexibility index (Phi) is 4.13. The van der Waals surface area contributed by atoms with Crippen LogP contribution in [0.1, 0.15) is 5.56 Å². The molecule has 2 N–H and O–H groups in total. The van der Waals surface area contributed by atoms with E-state index in [1.807, 2.05) is 0 Å². The Morgan fingerprint density at radius 2 is 1.59 bits per heavy atom. The van der Waals surface area contributed by atoms with E-state index >= 15 is 0 Å². The van der Waals surface area contributed by atoms with E-state index in [4.69, 9.17) is 14.6 Å². The van der Waals surface area contributed by atoms with Gasteiger partial charge in [0.1, 0.15) is 5.82 Å². The second-order valence-electron chi connectivity index (χ2n) is 6.26. The van der Waals surface area contributed by atoms with E-state index in [0.29, 0.717) is 33.8 Å². The van der Waals surface area contributed by atoms with Crippen LogP contribution in [0.25, 0.3) is 22.3 Å². The highest BCUT2D eigenvalue weighted by Crippen LogP contribution is 2.44. The number of fused-ring (bicyclic) bond motifs is 1. The van der Waals surface area contributed by atoms with Gasteiger partial charge in [-0.05, 0) is 59.5 Å². The maximum atomic E-state index is 13.7. The molecule has 0 saturated heterocycles. The number of sulfonamides is 1. The molecule has 1 aliphatic rings. The van der Waals surface area contributed by atoms with Gasteiger partial charge < -0.3 is 9.47 Å². The van der Waals surface area contributed by atoms with Crippen LogP contribution in [0.4, 0.5) is 4.39 Å². The molecule has 0 spiro atoms.